The highest BCUT2D eigenvalue weighted by molar-refractivity contribution is 6.30. The Bertz CT molecular complexity index is 1090. The third kappa shape index (κ3) is 3.73. The summed E-state index contributed by atoms with van der Waals surface area (Å²) in [5.41, 5.74) is 2.52. The summed E-state index contributed by atoms with van der Waals surface area (Å²) in [6.45, 7) is 2.47. The Morgan fingerprint density at radius 1 is 1.22 bits per heavy atom. The average molecular weight is 380 g/mol. The zero-order chi connectivity index (χ0) is 18.8. The number of furan rings is 1. The number of hydrogen-bond acceptors (Lipinski definition) is 3. The molecule has 1 amide bonds. The molecule has 6 heteroatoms. The van der Waals surface area contributed by atoms with Gasteiger partial charge in [0.25, 0.3) is 5.91 Å². The number of carbonyl (C=O) groups excluding carboxylic acids is 1. The fraction of sp³-hybridized carbons (Fsp3) is 0.143. The van der Waals surface area contributed by atoms with E-state index in [2.05, 4.69) is 10.4 Å². The van der Waals surface area contributed by atoms with Gasteiger partial charge in [0.2, 0.25) is 0 Å². The lowest BCUT2D eigenvalue weighted by molar-refractivity contribution is 0.0935. The summed E-state index contributed by atoms with van der Waals surface area (Å²) >= 11 is 6.07. The maximum atomic E-state index is 12.6. The molecule has 5 nitrogen and oxygen atoms in total. The van der Waals surface area contributed by atoms with Crippen molar-refractivity contribution in [1.82, 2.24) is 15.1 Å². The van der Waals surface area contributed by atoms with Crippen LogP contribution in [0.4, 0.5) is 0 Å². The first-order valence-electron chi connectivity index (χ1n) is 8.64. The summed E-state index contributed by atoms with van der Waals surface area (Å²) in [5, 5.41) is 9.07. The Balaban J connectivity index is 1.58. The molecule has 4 rings (SSSR count). The maximum absolute atomic E-state index is 12.6. The van der Waals surface area contributed by atoms with E-state index in [-0.39, 0.29) is 11.9 Å². The highest BCUT2D eigenvalue weighted by atomic mass is 35.5. The van der Waals surface area contributed by atoms with E-state index >= 15 is 0 Å². The molecule has 1 atom stereocenters. The average Bonchev–Trinajstić information content (AvgIpc) is 3.32. The van der Waals surface area contributed by atoms with Gasteiger partial charge >= 0.3 is 0 Å². The molecule has 2 aromatic carbocycles. The Morgan fingerprint density at radius 2 is 2.11 bits per heavy atom. The van der Waals surface area contributed by atoms with Gasteiger partial charge in [0.15, 0.2) is 0 Å². The summed E-state index contributed by atoms with van der Waals surface area (Å²) < 4.78 is 7.21. The summed E-state index contributed by atoms with van der Waals surface area (Å²) in [7, 11) is 0. The van der Waals surface area contributed by atoms with Crippen LogP contribution in [0, 0.1) is 0 Å². The fourth-order valence-corrected chi connectivity index (χ4v) is 3.25. The van der Waals surface area contributed by atoms with Crippen molar-refractivity contribution < 1.29 is 9.21 Å². The second-order valence-corrected chi connectivity index (χ2v) is 6.85. The first kappa shape index (κ1) is 17.4. The minimum Gasteiger partial charge on any atom is -0.467 e. The van der Waals surface area contributed by atoms with Crippen molar-refractivity contribution in [2.75, 3.05) is 0 Å². The van der Waals surface area contributed by atoms with Crippen LogP contribution in [-0.2, 0) is 6.54 Å². The van der Waals surface area contributed by atoms with Gasteiger partial charge in [-0.25, -0.2) is 0 Å². The van der Waals surface area contributed by atoms with Crippen LogP contribution in [0.2, 0.25) is 5.02 Å². The molecule has 27 heavy (non-hydrogen) atoms. The summed E-state index contributed by atoms with van der Waals surface area (Å²) in [6, 6.07) is 16.7. The van der Waals surface area contributed by atoms with E-state index in [0.29, 0.717) is 17.1 Å². The molecule has 1 N–H and O–H groups in total. The number of fused-ring (bicyclic) bond motifs is 1. The first-order valence-corrected chi connectivity index (χ1v) is 9.02. The largest absolute Gasteiger partial charge is 0.467 e. The molecular weight excluding hydrogens is 362 g/mol. The van der Waals surface area contributed by atoms with Crippen LogP contribution >= 0.6 is 11.6 Å². The van der Waals surface area contributed by atoms with Crippen molar-refractivity contribution in [2.24, 2.45) is 0 Å². The quantitative estimate of drug-likeness (QED) is 0.540. The van der Waals surface area contributed by atoms with Gasteiger partial charge in [-0.2, -0.15) is 5.10 Å². The lowest BCUT2D eigenvalue weighted by Gasteiger charge is -2.12. The number of halogens is 1. The van der Waals surface area contributed by atoms with Crippen molar-refractivity contribution in [3.8, 4) is 0 Å². The molecule has 0 spiro atoms. The van der Waals surface area contributed by atoms with Crippen LogP contribution in [0.1, 0.15) is 34.6 Å². The smallest absolute Gasteiger partial charge is 0.251 e. The molecule has 0 radical (unpaired) electrons. The fourth-order valence-electron chi connectivity index (χ4n) is 3.03. The van der Waals surface area contributed by atoms with Crippen LogP contribution in [-0.4, -0.2) is 15.7 Å². The van der Waals surface area contributed by atoms with E-state index in [0.717, 1.165) is 22.2 Å². The first-order chi connectivity index (χ1) is 13.1. The standard InChI is InChI=1S/C21H18ClN3O2/c1-14(20-6-3-9-27-20)24-21(26)16-7-8-17-12-23-25(19(17)11-16)13-15-4-2-5-18(22)10-15/h2-12,14H,13H2,1H3,(H,24,26)/t14-/m1/s1. The van der Waals surface area contributed by atoms with E-state index in [1.807, 2.05) is 54.1 Å². The van der Waals surface area contributed by atoms with Gasteiger partial charge < -0.3 is 9.73 Å². The van der Waals surface area contributed by atoms with Gasteiger partial charge in [-0.15, -0.1) is 0 Å². The van der Waals surface area contributed by atoms with Gasteiger partial charge in [-0.1, -0.05) is 29.8 Å². The third-order valence-electron chi connectivity index (χ3n) is 4.45. The second-order valence-electron chi connectivity index (χ2n) is 6.42. The molecule has 0 unspecified atom stereocenters. The Labute approximate surface area is 161 Å². The number of rotatable bonds is 5. The summed E-state index contributed by atoms with van der Waals surface area (Å²) in [5.74, 6) is 0.562. The van der Waals surface area contributed by atoms with Crippen LogP contribution in [0.15, 0.2) is 71.5 Å². The molecule has 0 fully saturated rings. The van der Waals surface area contributed by atoms with Gasteiger partial charge in [0, 0.05) is 16.0 Å². The molecule has 2 heterocycles. The van der Waals surface area contributed by atoms with Gasteiger partial charge in [-0.3, -0.25) is 9.48 Å². The SMILES string of the molecule is C[C@@H](NC(=O)c1ccc2cnn(Cc3cccc(Cl)c3)c2c1)c1ccco1. The molecule has 0 saturated heterocycles. The Morgan fingerprint density at radius 3 is 2.89 bits per heavy atom. The highest BCUT2D eigenvalue weighted by Crippen LogP contribution is 2.20. The lowest BCUT2D eigenvalue weighted by Crippen LogP contribution is -2.26. The minimum atomic E-state index is -0.209. The molecule has 4 aromatic rings. The molecule has 0 aliphatic carbocycles. The van der Waals surface area contributed by atoms with Crippen LogP contribution in [0.3, 0.4) is 0 Å². The van der Waals surface area contributed by atoms with E-state index in [4.69, 9.17) is 16.0 Å². The van der Waals surface area contributed by atoms with E-state index in [9.17, 15) is 4.79 Å². The van der Waals surface area contributed by atoms with Crippen LogP contribution in [0.5, 0.6) is 0 Å². The Kier molecular flexibility index (Phi) is 4.69. The summed E-state index contributed by atoms with van der Waals surface area (Å²) in [4.78, 5) is 12.6. The van der Waals surface area contributed by atoms with Crippen LogP contribution in [0.25, 0.3) is 10.9 Å². The van der Waals surface area contributed by atoms with Crippen molar-refractivity contribution >= 4 is 28.4 Å². The number of nitrogens with one attached hydrogen (secondary N) is 1. The molecule has 0 aliphatic heterocycles. The molecular formula is C21H18ClN3O2. The molecule has 0 saturated carbocycles. The monoisotopic (exact) mass is 379 g/mol. The van der Waals surface area contributed by atoms with Crippen molar-refractivity contribution in [3.63, 3.8) is 0 Å². The predicted octanol–water partition coefficient (Wildman–Crippen LogP) is 4.82. The zero-order valence-electron chi connectivity index (χ0n) is 14.7. The van der Waals surface area contributed by atoms with Crippen molar-refractivity contribution in [3.05, 3.63) is 89.0 Å². The van der Waals surface area contributed by atoms with E-state index in [1.165, 1.54) is 0 Å². The summed E-state index contributed by atoms with van der Waals surface area (Å²) in [6.07, 6.45) is 3.39. The zero-order valence-corrected chi connectivity index (χ0v) is 15.5. The van der Waals surface area contributed by atoms with E-state index in [1.54, 1.807) is 24.6 Å². The minimum absolute atomic E-state index is 0.156. The molecule has 0 aliphatic rings. The number of amides is 1. The molecule has 0 bridgehead atoms. The number of hydrogen-bond donors (Lipinski definition) is 1. The maximum Gasteiger partial charge on any atom is 0.251 e. The molecule has 2 aromatic heterocycles. The van der Waals surface area contributed by atoms with Gasteiger partial charge in [0.05, 0.1) is 30.6 Å². The van der Waals surface area contributed by atoms with Gasteiger partial charge in [-0.05, 0) is 48.9 Å². The second kappa shape index (κ2) is 7.29. The normalized spacial score (nSPS) is 12.2. The number of aromatic nitrogens is 2. The molecule has 136 valence electrons. The van der Waals surface area contributed by atoms with Crippen LogP contribution < -0.4 is 5.32 Å². The van der Waals surface area contributed by atoms with Crippen molar-refractivity contribution in [1.29, 1.82) is 0 Å². The topological polar surface area (TPSA) is 60.1 Å². The lowest BCUT2D eigenvalue weighted by atomic mass is 10.1. The third-order valence-corrected chi connectivity index (χ3v) is 4.68. The number of carbonyl (C=O) groups is 1. The van der Waals surface area contributed by atoms with Crippen molar-refractivity contribution in [2.45, 2.75) is 19.5 Å². The predicted molar refractivity (Wildman–Crippen MR) is 105 cm³/mol. The number of benzene rings is 2. The Hall–Kier alpha value is -3.05. The van der Waals surface area contributed by atoms with Gasteiger partial charge in [0.1, 0.15) is 5.76 Å². The highest BCUT2D eigenvalue weighted by Gasteiger charge is 2.15. The number of nitrogens with zero attached hydrogens (tertiary/aromatic N) is 2. The van der Waals surface area contributed by atoms with E-state index < -0.39 is 0 Å².